The topological polar surface area (TPSA) is 75.4 Å². The molecule has 2 N–H and O–H groups in total. The zero-order valence-corrected chi connectivity index (χ0v) is 17.5. The highest BCUT2D eigenvalue weighted by atomic mass is 32.1. The lowest BCUT2D eigenvalue weighted by atomic mass is 10.2. The molecule has 7 heteroatoms. The number of hydrogen-bond donors (Lipinski definition) is 2. The largest absolute Gasteiger partial charge is 0.467 e. The molecule has 0 aliphatic carbocycles. The fourth-order valence-electron chi connectivity index (χ4n) is 4.23. The molecule has 1 aliphatic heterocycles. The lowest BCUT2D eigenvalue weighted by Crippen LogP contribution is -3.11. The van der Waals surface area contributed by atoms with Crippen LogP contribution in [0.5, 0.6) is 0 Å². The van der Waals surface area contributed by atoms with E-state index in [4.69, 9.17) is 4.42 Å². The second-order valence-electron chi connectivity index (χ2n) is 7.55. The fraction of sp³-hybridized carbons (Fsp3) is 0.364. The number of hydrogen-bond acceptors (Lipinski definition) is 4. The van der Waals surface area contributed by atoms with Gasteiger partial charge in [0.1, 0.15) is 23.7 Å². The van der Waals surface area contributed by atoms with Crippen LogP contribution in [0.25, 0.3) is 0 Å². The van der Waals surface area contributed by atoms with Gasteiger partial charge in [-0.15, -0.1) is 11.3 Å². The van der Waals surface area contributed by atoms with Gasteiger partial charge < -0.3 is 19.2 Å². The molecule has 3 aromatic heterocycles. The number of carbonyl (C=O) groups excluding carboxylic acids is 1. The Balaban J connectivity index is 1.54. The first-order chi connectivity index (χ1) is 14.1. The van der Waals surface area contributed by atoms with Gasteiger partial charge in [-0.05, 0) is 43.0 Å². The van der Waals surface area contributed by atoms with E-state index in [1.54, 1.807) is 17.6 Å². The van der Waals surface area contributed by atoms with Crippen molar-refractivity contribution >= 4 is 23.1 Å². The van der Waals surface area contributed by atoms with E-state index in [0.29, 0.717) is 30.5 Å². The second kappa shape index (κ2) is 8.27. The van der Waals surface area contributed by atoms with Crippen molar-refractivity contribution in [3.05, 3.63) is 63.4 Å². The summed E-state index contributed by atoms with van der Waals surface area (Å²) in [5.41, 5.74) is 2.37. The van der Waals surface area contributed by atoms with Gasteiger partial charge in [-0.25, -0.2) is 0 Å². The molecule has 4 heterocycles. The molecule has 29 heavy (non-hydrogen) atoms. The molecule has 0 saturated carbocycles. The third-order valence-electron chi connectivity index (χ3n) is 5.85. The average molecular weight is 410 g/mol. The predicted octanol–water partition coefficient (Wildman–Crippen LogP) is 3.04. The van der Waals surface area contributed by atoms with Gasteiger partial charge in [0.05, 0.1) is 29.8 Å². The van der Waals surface area contributed by atoms with Gasteiger partial charge in [-0.2, -0.15) is 5.26 Å². The highest BCUT2D eigenvalue weighted by Crippen LogP contribution is 2.27. The average Bonchev–Trinajstić information content (AvgIpc) is 3.48. The van der Waals surface area contributed by atoms with E-state index >= 15 is 0 Å². The van der Waals surface area contributed by atoms with Crippen LogP contribution >= 0.6 is 11.3 Å². The number of likely N-dealkylation sites (tertiary alicyclic amines) is 1. The number of carbonyl (C=O) groups is 1. The van der Waals surface area contributed by atoms with Crippen LogP contribution in [0.2, 0.25) is 0 Å². The van der Waals surface area contributed by atoms with Gasteiger partial charge in [-0.1, -0.05) is 6.07 Å². The van der Waals surface area contributed by atoms with Crippen LogP contribution in [0.1, 0.15) is 46.3 Å². The van der Waals surface area contributed by atoms with Gasteiger partial charge in [0.15, 0.2) is 6.54 Å². The number of amides is 1. The number of rotatable bonds is 6. The number of furan rings is 1. The number of nitrogens with one attached hydrogen (secondary N) is 2. The first kappa shape index (κ1) is 19.5. The second-order valence-corrected chi connectivity index (χ2v) is 8.53. The van der Waals surface area contributed by atoms with E-state index in [2.05, 4.69) is 28.9 Å². The van der Waals surface area contributed by atoms with E-state index < -0.39 is 0 Å². The van der Waals surface area contributed by atoms with Crippen LogP contribution in [-0.4, -0.2) is 23.6 Å². The maximum atomic E-state index is 13.0. The smallest absolute Gasteiger partial charge is 0.280 e. The Morgan fingerprint density at radius 3 is 2.97 bits per heavy atom. The molecule has 0 bridgehead atoms. The molecule has 2 atom stereocenters. The molecule has 0 aromatic carbocycles. The van der Waals surface area contributed by atoms with Crippen LogP contribution in [0.15, 0.2) is 40.3 Å². The first-order valence-corrected chi connectivity index (χ1v) is 10.8. The molecule has 6 nitrogen and oxygen atoms in total. The highest BCUT2D eigenvalue weighted by Gasteiger charge is 2.32. The van der Waals surface area contributed by atoms with Crippen molar-refractivity contribution in [3.8, 4) is 6.07 Å². The maximum Gasteiger partial charge on any atom is 0.280 e. The number of aromatic nitrogens is 1. The van der Waals surface area contributed by atoms with Gasteiger partial charge >= 0.3 is 0 Å². The van der Waals surface area contributed by atoms with Crippen molar-refractivity contribution in [2.24, 2.45) is 0 Å². The lowest BCUT2D eigenvalue weighted by molar-refractivity contribution is -0.910. The minimum absolute atomic E-state index is 0.0573. The third kappa shape index (κ3) is 3.86. The van der Waals surface area contributed by atoms with Crippen LogP contribution in [-0.2, 0) is 11.3 Å². The van der Waals surface area contributed by atoms with E-state index in [9.17, 15) is 10.1 Å². The Kier molecular flexibility index (Phi) is 5.56. The van der Waals surface area contributed by atoms with Crippen LogP contribution in [0, 0.1) is 25.2 Å². The van der Waals surface area contributed by atoms with E-state index in [1.807, 2.05) is 30.5 Å². The fourth-order valence-corrected chi connectivity index (χ4v) is 5.15. The molecule has 1 fully saturated rings. The lowest BCUT2D eigenvalue weighted by Gasteiger charge is -2.20. The zero-order chi connectivity index (χ0) is 20.4. The van der Waals surface area contributed by atoms with Gasteiger partial charge in [0, 0.05) is 18.5 Å². The van der Waals surface area contributed by atoms with E-state index in [0.717, 1.165) is 36.4 Å². The molecule has 150 valence electrons. The Labute approximate surface area is 174 Å². The summed E-state index contributed by atoms with van der Waals surface area (Å²) in [6.07, 6.45) is 3.87. The molecule has 0 spiro atoms. The van der Waals surface area contributed by atoms with Crippen molar-refractivity contribution in [1.82, 2.24) is 4.57 Å². The van der Waals surface area contributed by atoms with Crippen LogP contribution in [0.4, 0.5) is 5.82 Å². The zero-order valence-electron chi connectivity index (χ0n) is 16.7. The molecule has 4 rings (SSSR count). The van der Waals surface area contributed by atoms with Crippen molar-refractivity contribution in [3.63, 3.8) is 0 Å². The van der Waals surface area contributed by atoms with Crippen LogP contribution < -0.4 is 10.2 Å². The number of nitrogens with zero attached hydrogens (tertiary/aromatic N) is 2. The highest BCUT2D eigenvalue weighted by molar-refractivity contribution is 7.10. The van der Waals surface area contributed by atoms with Gasteiger partial charge in [0.2, 0.25) is 0 Å². The van der Waals surface area contributed by atoms with Crippen molar-refractivity contribution < 1.29 is 14.1 Å². The summed E-state index contributed by atoms with van der Waals surface area (Å²) in [4.78, 5) is 15.6. The minimum Gasteiger partial charge on any atom is -0.467 e. The Morgan fingerprint density at radius 1 is 1.41 bits per heavy atom. The number of thiophene rings is 1. The van der Waals surface area contributed by atoms with Crippen molar-refractivity contribution in [1.29, 1.82) is 5.26 Å². The Morgan fingerprint density at radius 2 is 2.28 bits per heavy atom. The third-order valence-corrected chi connectivity index (χ3v) is 6.84. The number of nitriles is 1. The summed E-state index contributed by atoms with van der Waals surface area (Å²) in [5.74, 6) is 1.29. The molecule has 3 aromatic rings. The normalized spacial score (nSPS) is 18.7. The summed E-state index contributed by atoms with van der Waals surface area (Å²) in [6, 6.07) is 10.6. The summed E-state index contributed by atoms with van der Waals surface area (Å²) < 4.78 is 7.44. The van der Waals surface area contributed by atoms with Gasteiger partial charge in [0.25, 0.3) is 5.91 Å². The summed E-state index contributed by atoms with van der Waals surface area (Å²) >= 11 is 1.76. The molecule has 1 unspecified atom stereocenters. The maximum absolute atomic E-state index is 13.0. The van der Waals surface area contributed by atoms with E-state index in [-0.39, 0.29) is 5.91 Å². The molecule has 1 saturated heterocycles. The molecular formula is C22H25N4O2S+. The molecule has 1 aliphatic rings. The Bertz CT molecular complexity index is 1030. The molecular weight excluding hydrogens is 384 g/mol. The molecule has 0 radical (unpaired) electrons. The Hall–Kier alpha value is -2.82. The SMILES string of the molecule is Cc1c(C#N)c(NC(=O)C[NH+]2CCC[C@H]2c2cccs2)n(Cc2ccco2)c1C. The standard InChI is InChI=1S/C22H24N4O2S/c1-15-16(2)26(13-17-6-4-10-28-17)22(18(15)12-23)24-21(27)14-25-9-3-7-19(25)20-8-5-11-29-20/h4-6,8,10-11,19H,3,7,9,13-14H2,1-2H3,(H,24,27)/p+1/t19-/m0/s1. The monoisotopic (exact) mass is 409 g/mol. The van der Waals surface area contributed by atoms with Gasteiger partial charge in [-0.3, -0.25) is 4.79 Å². The number of quaternary nitrogens is 1. The summed E-state index contributed by atoms with van der Waals surface area (Å²) in [7, 11) is 0. The van der Waals surface area contributed by atoms with Crippen LogP contribution in [0.3, 0.4) is 0 Å². The quantitative estimate of drug-likeness (QED) is 0.657. The minimum atomic E-state index is -0.0573. The summed E-state index contributed by atoms with van der Waals surface area (Å²) in [5, 5.41) is 14.8. The first-order valence-electron chi connectivity index (χ1n) is 9.88. The summed E-state index contributed by atoms with van der Waals surface area (Å²) in [6.45, 7) is 5.75. The van der Waals surface area contributed by atoms with E-state index in [1.165, 1.54) is 9.78 Å². The van der Waals surface area contributed by atoms with Crippen molar-refractivity contribution in [2.45, 2.75) is 39.3 Å². The predicted molar refractivity (Wildman–Crippen MR) is 112 cm³/mol. The molecule has 1 amide bonds. The number of anilines is 1. The van der Waals surface area contributed by atoms with Crippen molar-refractivity contribution in [2.75, 3.05) is 18.4 Å².